The Bertz CT molecular complexity index is 574. The van der Waals surface area contributed by atoms with Gasteiger partial charge in [-0.2, -0.15) is 0 Å². The first kappa shape index (κ1) is 16.1. The number of halogens is 1. The molecule has 4 heteroatoms. The quantitative estimate of drug-likeness (QED) is 0.581. The van der Waals surface area contributed by atoms with E-state index < -0.39 is 0 Å². The van der Waals surface area contributed by atoms with Gasteiger partial charge in [0, 0.05) is 24.2 Å². The summed E-state index contributed by atoms with van der Waals surface area (Å²) in [6.07, 6.45) is 7.09. The summed E-state index contributed by atoms with van der Waals surface area (Å²) in [5.74, 6) is 1.54. The van der Waals surface area contributed by atoms with Crippen LogP contribution in [-0.2, 0) is 11.8 Å². The van der Waals surface area contributed by atoms with Crippen LogP contribution in [0.25, 0.3) is 0 Å². The second-order valence-corrected chi connectivity index (χ2v) is 7.45. The Labute approximate surface area is 139 Å². The van der Waals surface area contributed by atoms with Gasteiger partial charge >= 0.3 is 0 Å². The van der Waals surface area contributed by atoms with E-state index in [1.165, 1.54) is 36.8 Å². The molecule has 4 rings (SSSR count). The van der Waals surface area contributed by atoms with E-state index in [1.807, 2.05) is 7.05 Å². The summed E-state index contributed by atoms with van der Waals surface area (Å²) >= 11 is 0. The Hall–Kier alpha value is -0.770. The minimum Gasteiger partial charge on any atom is -0.633 e. The van der Waals surface area contributed by atoms with Crippen molar-refractivity contribution in [3.63, 3.8) is 0 Å². The fourth-order valence-electron chi connectivity index (χ4n) is 5.46. The van der Waals surface area contributed by atoms with Gasteiger partial charge in [0.05, 0.1) is 26.7 Å². The lowest BCUT2D eigenvalue weighted by atomic mass is 9.52. The van der Waals surface area contributed by atoms with E-state index in [0.29, 0.717) is 5.92 Å². The third-order valence-electron chi connectivity index (χ3n) is 6.55. The molecule has 1 aromatic carbocycles. The fourth-order valence-corrected chi connectivity index (χ4v) is 5.46. The zero-order valence-corrected chi connectivity index (χ0v) is 14.3. The second-order valence-electron chi connectivity index (χ2n) is 7.45. The summed E-state index contributed by atoms with van der Waals surface area (Å²) < 4.78 is 5.44. The van der Waals surface area contributed by atoms with Gasteiger partial charge in [0.25, 0.3) is 0 Å². The number of benzene rings is 1. The number of methoxy groups -OCH3 is 1. The molecule has 22 heavy (non-hydrogen) atoms. The van der Waals surface area contributed by atoms with Gasteiger partial charge in [-0.1, -0.05) is 18.9 Å². The van der Waals surface area contributed by atoms with Gasteiger partial charge in [-0.05, 0) is 36.1 Å². The summed E-state index contributed by atoms with van der Waals surface area (Å²) in [5.41, 5.74) is 3.16. The highest BCUT2D eigenvalue weighted by molar-refractivity contribution is 5.85. The minimum absolute atomic E-state index is 0. The molecule has 1 heterocycles. The van der Waals surface area contributed by atoms with Crippen molar-refractivity contribution in [2.75, 3.05) is 20.7 Å². The van der Waals surface area contributed by atoms with Crippen LogP contribution in [0.5, 0.6) is 5.75 Å². The third kappa shape index (κ3) is 2.10. The molecule has 2 aliphatic carbocycles. The molecule has 0 spiro atoms. The van der Waals surface area contributed by atoms with E-state index in [-0.39, 0.29) is 28.5 Å². The van der Waals surface area contributed by atoms with Crippen LogP contribution in [0.3, 0.4) is 0 Å². The number of nitrogens with zero attached hydrogens (tertiary/aromatic N) is 1. The minimum atomic E-state index is -0.0299. The van der Waals surface area contributed by atoms with Crippen LogP contribution in [0.15, 0.2) is 18.2 Å². The second kappa shape index (κ2) is 5.40. The topological polar surface area (TPSA) is 32.3 Å². The summed E-state index contributed by atoms with van der Waals surface area (Å²) in [6.45, 7) is 0.776. The average molecular weight is 324 g/mol. The van der Waals surface area contributed by atoms with Gasteiger partial charge < -0.3 is 14.6 Å². The zero-order valence-electron chi connectivity index (χ0n) is 13.5. The summed E-state index contributed by atoms with van der Waals surface area (Å²) in [4.78, 5) is 0. The van der Waals surface area contributed by atoms with Crippen molar-refractivity contribution in [1.82, 2.24) is 0 Å². The molecule has 2 bridgehead atoms. The fraction of sp³-hybridized carbons (Fsp3) is 0.667. The molecule has 1 aromatic rings. The van der Waals surface area contributed by atoms with Crippen molar-refractivity contribution in [2.24, 2.45) is 5.92 Å². The van der Waals surface area contributed by atoms with Crippen LogP contribution in [0.1, 0.15) is 43.2 Å². The van der Waals surface area contributed by atoms with Crippen LogP contribution in [0.4, 0.5) is 0 Å². The summed E-state index contributed by atoms with van der Waals surface area (Å²) in [7, 11) is 3.65. The molecule has 4 unspecified atom stereocenters. The van der Waals surface area contributed by atoms with Gasteiger partial charge in [-0.25, -0.2) is 0 Å². The van der Waals surface area contributed by atoms with Gasteiger partial charge in [0.2, 0.25) is 0 Å². The lowest BCUT2D eigenvalue weighted by Gasteiger charge is -2.63. The molecule has 0 N–H and O–H groups in total. The van der Waals surface area contributed by atoms with Crippen molar-refractivity contribution in [2.45, 2.75) is 50.0 Å². The molecule has 2 fully saturated rings. The molecule has 4 atom stereocenters. The maximum Gasteiger partial charge on any atom is 0.119 e. The number of rotatable bonds is 1. The van der Waals surface area contributed by atoms with E-state index in [2.05, 4.69) is 18.2 Å². The van der Waals surface area contributed by atoms with Crippen molar-refractivity contribution in [1.29, 1.82) is 0 Å². The van der Waals surface area contributed by atoms with Crippen LogP contribution in [0, 0.1) is 11.1 Å². The van der Waals surface area contributed by atoms with Crippen molar-refractivity contribution < 1.29 is 9.38 Å². The molecule has 122 valence electrons. The molecule has 3 aliphatic rings. The smallest absolute Gasteiger partial charge is 0.119 e. The largest absolute Gasteiger partial charge is 0.633 e. The van der Waals surface area contributed by atoms with Crippen LogP contribution in [0.2, 0.25) is 0 Å². The summed E-state index contributed by atoms with van der Waals surface area (Å²) in [6, 6.07) is 6.80. The maximum atomic E-state index is 13.0. The first-order valence-electron chi connectivity index (χ1n) is 8.30. The van der Waals surface area contributed by atoms with Crippen LogP contribution >= 0.6 is 12.4 Å². The number of fused-ring (bicyclic) bond motifs is 1. The number of hydroxylamine groups is 3. The van der Waals surface area contributed by atoms with Gasteiger partial charge in [-0.3, -0.25) is 0 Å². The Morgan fingerprint density at radius 3 is 2.86 bits per heavy atom. The highest BCUT2D eigenvalue weighted by Crippen LogP contribution is 2.57. The van der Waals surface area contributed by atoms with E-state index in [1.54, 1.807) is 7.11 Å². The average Bonchev–Trinajstić information content (AvgIpc) is 2.51. The van der Waals surface area contributed by atoms with Gasteiger partial charge in [-0.15, -0.1) is 12.4 Å². The predicted octanol–water partition coefficient (Wildman–Crippen LogP) is 3.82. The lowest BCUT2D eigenvalue weighted by molar-refractivity contribution is -0.899. The summed E-state index contributed by atoms with van der Waals surface area (Å²) in [5, 5.41) is 13.0. The number of piperidine rings is 1. The van der Waals surface area contributed by atoms with E-state index in [4.69, 9.17) is 4.74 Å². The molecule has 1 saturated carbocycles. The first-order chi connectivity index (χ1) is 10.1. The molecule has 1 saturated heterocycles. The van der Waals surface area contributed by atoms with E-state index >= 15 is 0 Å². The standard InChI is InChI=1S/C18H25NO2.ClH/c1-19(20)10-9-18-8-4-3-5-15(18)17(19)11-13-6-7-14(21-2)12-16(13)18;/h6-7,12,15,17H,3-5,8-11H2,1-2H3;1H. The molecule has 0 radical (unpaired) electrons. The Morgan fingerprint density at radius 1 is 1.27 bits per heavy atom. The third-order valence-corrected chi connectivity index (χ3v) is 6.55. The van der Waals surface area contributed by atoms with Crippen molar-refractivity contribution in [3.8, 4) is 5.75 Å². The zero-order chi connectivity index (χ0) is 14.7. The highest BCUT2D eigenvalue weighted by Gasteiger charge is 2.57. The molecule has 0 aromatic heterocycles. The number of hydrogen-bond donors (Lipinski definition) is 0. The van der Waals surface area contributed by atoms with E-state index in [0.717, 1.165) is 25.1 Å². The Balaban J connectivity index is 0.00000144. The number of likely N-dealkylation sites (tertiary alicyclic amines) is 1. The van der Waals surface area contributed by atoms with Crippen molar-refractivity contribution >= 4 is 12.4 Å². The lowest BCUT2D eigenvalue weighted by Crippen LogP contribution is -2.66. The van der Waals surface area contributed by atoms with Gasteiger partial charge in [0.1, 0.15) is 5.75 Å². The molecular weight excluding hydrogens is 298 g/mol. The van der Waals surface area contributed by atoms with E-state index in [9.17, 15) is 5.21 Å². The Morgan fingerprint density at radius 2 is 2.09 bits per heavy atom. The monoisotopic (exact) mass is 323 g/mol. The maximum absolute atomic E-state index is 13.0. The van der Waals surface area contributed by atoms with Crippen molar-refractivity contribution in [3.05, 3.63) is 34.5 Å². The number of quaternary nitrogens is 1. The highest BCUT2D eigenvalue weighted by atomic mass is 35.5. The normalized spacial score (nSPS) is 39.2. The molecular formula is C18H26ClNO2. The molecule has 0 amide bonds. The van der Waals surface area contributed by atoms with Crippen LogP contribution in [-0.4, -0.2) is 31.4 Å². The molecule has 3 nitrogen and oxygen atoms in total. The first-order valence-corrected chi connectivity index (χ1v) is 8.30. The number of likely N-dealkylation sites (N-methyl/N-ethyl adjacent to an activating group) is 1. The molecule has 1 aliphatic heterocycles. The number of hydrogen-bond acceptors (Lipinski definition) is 2. The van der Waals surface area contributed by atoms with Crippen LogP contribution < -0.4 is 4.74 Å². The Kier molecular flexibility index (Phi) is 3.95. The van der Waals surface area contributed by atoms with Gasteiger partial charge in [0.15, 0.2) is 0 Å². The SMILES string of the molecule is COc1ccc2c(c1)C13CCCCC1C(C2)[N+](C)([O-])CC3.Cl. The number of ether oxygens (including phenoxy) is 1. The predicted molar refractivity (Wildman–Crippen MR) is 90.4 cm³/mol.